The number of nitrogens with zero attached hydrogens (tertiary/aromatic N) is 1. The minimum absolute atomic E-state index is 0.151. The molecule has 5 radical (unpaired) electrons. The summed E-state index contributed by atoms with van der Waals surface area (Å²) in [5.41, 5.74) is 1.70. The maximum Gasteiger partial charge on any atom is 0.127 e. The summed E-state index contributed by atoms with van der Waals surface area (Å²) in [5, 5.41) is 0. The Morgan fingerprint density at radius 2 is 1.64 bits per heavy atom. The molecule has 2 nitrogen and oxygen atoms in total. The Hall–Kier alpha value is -0.383. The van der Waals surface area contributed by atoms with Gasteiger partial charge in [0.2, 0.25) is 0 Å². The highest BCUT2D eigenvalue weighted by Gasteiger charge is 2.50. The lowest BCUT2D eigenvalue weighted by Gasteiger charge is -2.39. The van der Waals surface area contributed by atoms with Crippen LogP contribution in [-0.2, 0) is 0 Å². The standard InChI is InChI=1S/C19H31N2Si/c1-19(2,3)20-22(6,7)18-14-15(12-13-21(4)5)16-10-8-9-11-17(16)18/h8-11,14,20H,12-13H2,1-7H3. The van der Waals surface area contributed by atoms with Crippen LogP contribution in [0.2, 0.25) is 13.1 Å². The molecule has 2 aliphatic carbocycles. The van der Waals surface area contributed by atoms with Gasteiger partial charge < -0.3 is 9.88 Å². The molecule has 0 spiro atoms. The van der Waals surface area contributed by atoms with Crippen LogP contribution in [0.25, 0.3) is 0 Å². The third-order valence-corrected chi connectivity index (χ3v) is 7.21. The first kappa shape index (κ1) is 18.0. The molecule has 1 N–H and O–H groups in total. The van der Waals surface area contributed by atoms with Crippen molar-refractivity contribution in [2.45, 2.75) is 45.8 Å². The van der Waals surface area contributed by atoms with Crippen LogP contribution in [0.5, 0.6) is 0 Å². The van der Waals surface area contributed by atoms with Gasteiger partial charge in [-0.05, 0) is 65.7 Å². The predicted molar refractivity (Wildman–Crippen MR) is 99.1 cm³/mol. The number of fused-ring (bicyclic) bond motifs is 1. The van der Waals surface area contributed by atoms with E-state index in [0.29, 0.717) is 0 Å². The third-order valence-electron chi connectivity index (χ3n) is 4.07. The first-order valence-electron chi connectivity index (χ1n) is 8.22. The van der Waals surface area contributed by atoms with Gasteiger partial charge in [0.15, 0.2) is 0 Å². The van der Waals surface area contributed by atoms with Gasteiger partial charge in [-0.3, -0.25) is 0 Å². The minimum atomic E-state index is -1.68. The summed E-state index contributed by atoms with van der Waals surface area (Å²) in [6.45, 7) is 12.7. The van der Waals surface area contributed by atoms with Gasteiger partial charge in [-0.1, -0.05) is 37.4 Å². The number of hydrogen-bond donors (Lipinski definition) is 1. The molecule has 2 rings (SSSR count). The maximum absolute atomic E-state index is 3.91. The molecule has 2 aliphatic rings. The lowest BCUT2D eigenvalue weighted by atomic mass is 9.84. The van der Waals surface area contributed by atoms with Crippen molar-refractivity contribution in [2.24, 2.45) is 0 Å². The van der Waals surface area contributed by atoms with Crippen molar-refractivity contribution in [1.29, 1.82) is 0 Å². The second kappa shape index (κ2) is 6.62. The van der Waals surface area contributed by atoms with Gasteiger partial charge >= 0.3 is 0 Å². The lowest BCUT2D eigenvalue weighted by Crippen LogP contribution is -2.58. The topological polar surface area (TPSA) is 15.3 Å². The summed E-state index contributed by atoms with van der Waals surface area (Å²) in [5.74, 6) is 4.39. The van der Waals surface area contributed by atoms with Crippen molar-refractivity contribution in [1.82, 2.24) is 9.88 Å². The fourth-order valence-corrected chi connectivity index (χ4v) is 6.84. The second-order valence-electron chi connectivity index (χ2n) is 8.18. The van der Waals surface area contributed by atoms with Gasteiger partial charge in [-0.25, -0.2) is 0 Å². The van der Waals surface area contributed by atoms with E-state index in [9.17, 15) is 0 Å². The quantitative estimate of drug-likeness (QED) is 0.778. The molecule has 0 aromatic rings. The molecule has 3 heteroatoms. The van der Waals surface area contributed by atoms with Gasteiger partial charge in [0, 0.05) is 17.4 Å². The van der Waals surface area contributed by atoms with E-state index in [-0.39, 0.29) is 5.54 Å². The van der Waals surface area contributed by atoms with Crippen LogP contribution >= 0.6 is 0 Å². The zero-order chi connectivity index (χ0) is 16.5. The first-order valence-corrected chi connectivity index (χ1v) is 11.2. The van der Waals surface area contributed by atoms with Crippen LogP contribution in [0.3, 0.4) is 0 Å². The van der Waals surface area contributed by atoms with E-state index in [4.69, 9.17) is 0 Å². The SMILES string of the molecule is CN(C)CC[C]1[CH][C]([Si](C)(C)NC(C)(C)C)[C]2C=CC=C[C]12. The summed E-state index contributed by atoms with van der Waals surface area (Å²) in [6, 6.07) is 0. The van der Waals surface area contributed by atoms with Crippen LogP contribution in [0.1, 0.15) is 27.2 Å². The first-order chi connectivity index (χ1) is 10.1. The minimum Gasteiger partial charge on any atom is -0.332 e. The zero-order valence-electron chi connectivity index (χ0n) is 15.2. The van der Waals surface area contributed by atoms with E-state index in [1.54, 1.807) is 5.54 Å². The average molecular weight is 316 g/mol. The average Bonchev–Trinajstić information content (AvgIpc) is 2.73. The smallest absolute Gasteiger partial charge is 0.127 e. The predicted octanol–water partition coefficient (Wildman–Crippen LogP) is 3.71. The van der Waals surface area contributed by atoms with Crippen molar-refractivity contribution < 1.29 is 0 Å². The number of hydrogen-bond acceptors (Lipinski definition) is 2. The second-order valence-corrected chi connectivity index (χ2v) is 12.2. The Morgan fingerprint density at radius 3 is 2.18 bits per heavy atom. The summed E-state index contributed by atoms with van der Waals surface area (Å²) in [7, 11) is 2.61. The van der Waals surface area contributed by atoms with Gasteiger partial charge in [0.25, 0.3) is 0 Å². The Morgan fingerprint density at radius 1 is 1.05 bits per heavy atom. The highest BCUT2D eigenvalue weighted by atomic mass is 28.3. The normalized spacial score (nSPS) is 22.0. The number of nitrogens with one attached hydrogen (secondary N) is 1. The van der Waals surface area contributed by atoms with Crippen molar-refractivity contribution >= 4 is 8.24 Å². The Balaban J connectivity index is 2.15. The van der Waals surface area contributed by atoms with Crippen molar-refractivity contribution in [2.75, 3.05) is 20.6 Å². The molecule has 0 aromatic carbocycles. The van der Waals surface area contributed by atoms with Crippen LogP contribution < -0.4 is 4.98 Å². The van der Waals surface area contributed by atoms with Crippen molar-refractivity contribution in [3.05, 3.63) is 54.0 Å². The molecule has 0 unspecified atom stereocenters. The van der Waals surface area contributed by atoms with Gasteiger partial charge in [-0.2, -0.15) is 0 Å². The van der Waals surface area contributed by atoms with E-state index in [2.05, 4.69) is 88.6 Å². The molecule has 0 bridgehead atoms. The molecule has 0 atom stereocenters. The molecule has 0 saturated heterocycles. The molecule has 22 heavy (non-hydrogen) atoms. The van der Waals surface area contributed by atoms with Gasteiger partial charge in [-0.15, -0.1) is 0 Å². The van der Waals surface area contributed by atoms with Crippen LogP contribution in [0.15, 0.2) is 24.3 Å². The van der Waals surface area contributed by atoms with E-state index in [0.717, 1.165) is 13.0 Å². The molecular formula is C19H31N2Si. The molecular weight excluding hydrogens is 284 g/mol. The zero-order valence-corrected chi connectivity index (χ0v) is 16.2. The fraction of sp³-hybridized carbons (Fsp3) is 0.526. The van der Waals surface area contributed by atoms with Crippen LogP contribution in [0.4, 0.5) is 0 Å². The highest BCUT2D eigenvalue weighted by Crippen LogP contribution is 2.53. The Labute approximate surface area is 139 Å². The Bertz CT molecular complexity index is 431. The Kier molecular flexibility index (Phi) is 5.41. The van der Waals surface area contributed by atoms with Crippen molar-refractivity contribution in [3.8, 4) is 0 Å². The highest BCUT2D eigenvalue weighted by molar-refractivity contribution is 6.82. The molecule has 0 amide bonds. The van der Waals surface area contributed by atoms with E-state index >= 15 is 0 Å². The summed E-state index contributed by atoms with van der Waals surface area (Å²) in [6.07, 6.45) is 12.5. The molecule has 1 saturated carbocycles. The summed E-state index contributed by atoms with van der Waals surface area (Å²) < 4.78 is 0. The van der Waals surface area contributed by atoms with E-state index < -0.39 is 8.24 Å². The number of allylic oxidation sites excluding steroid dienone is 4. The lowest BCUT2D eigenvalue weighted by molar-refractivity contribution is 0.407. The van der Waals surface area contributed by atoms with Gasteiger partial charge in [0.05, 0.1) is 0 Å². The molecule has 1 fully saturated rings. The molecule has 0 heterocycles. The molecule has 0 aromatic heterocycles. The summed E-state index contributed by atoms with van der Waals surface area (Å²) >= 11 is 0. The molecule has 121 valence electrons. The summed E-state index contributed by atoms with van der Waals surface area (Å²) in [4.78, 5) is 6.17. The van der Waals surface area contributed by atoms with Crippen molar-refractivity contribution in [3.63, 3.8) is 0 Å². The van der Waals surface area contributed by atoms with E-state index in [1.807, 2.05) is 0 Å². The van der Waals surface area contributed by atoms with Crippen LogP contribution in [0, 0.1) is 29.7 Å². The monoisotopic (exact) mass is 315 g/mol. The maximum atomic E-state index is 3.91. The van der Waals surface area contributed by atoms with Crippen LogP contribution in [-0.4, -0.2) is 39.3 Å². The largest absolute Gasteiger partial charge is 0.332 e. The van der Waals surface area contributed by atoms with E-state index in [1.165, 1.54) is 17.8 Å². The molecule has 0 aliphatic heterocycles. The number of rotatable bonds is 5. The third kappa shape index (κ3) is 4.33. The van der Waals surface area contributed by atoms with Gasteiger partial charge in [0.1, 0.15) is 8.24 Å². The fourth-order valence-electron chi connectivity index (χ4n) is 3.40.